The van der Waals surface area contributed by atoms with Crippen molar-refractivity contribution < 1.29 is 31.1 Å². The predicted octanol–water partition coefficient (Wildman–Crippen LogP) is 3.16. The second kappa shape index (κ2) is 9.51. The molecule has 174 valence electrons. The molecule has 3 rings (SSSR count). The molecule has 11 heteroatoms. The van der Waals surface area contributed by atoms with Gasteiger partial charge in [-0.25, -0.2) is 16.8 Å². The van der Waals surface area contributed by atoms with E-state index in [4.69, 9.17) is 9.47 Å². The minimum atomic E-state index is -4.05. The average molecular weight is 491 g/mol. The minimum Gasteiger partial charge on any atom is -0.497 e. The highest BCUT2D eigenvalue weighted by Crippen LogP contribution is 2.29. The maximum absolute atomic E-state index is 13.0. The van der Waals surface area contributed by atoms with Gasteiger partial charge in [-0.3, -0.25) is 9.52 Å². The fourth-order valence-electron chi connectivity index (χ4n) is 2.89. The van der Waals surface area contributed by atoms with E-state index >= 15 is 0 Å². The van der Waals surface area contributed by atoms with Gasteiger partial charge in [0, 0.05) is 23.2 Å². The van der Waals surface area contributed by atoms with Gasteiger partial charge in [0.25, 0.3) is 15.9 Å². The van der Waals surface area contributed by atoms with Crippen LogP contribution in [-0.2, 0) is 19.9 Å². The Kier molecular flexibility index (Phi) is 6.94. The molecule has 3 aromatic rings. The largest absolute Gasteiger partial charge is 0.497 e. The summed E-state index contributed by atoms with van der Waals surface area (Å²) in [6.07, 6.45) is 1.07. The van der Waals surface area contributed by atoms with Gasteiger partial charge in [-0.15, -0.1) is 0 Å². The molecule has 0 saturated carbocycles. The van der Waals surface area contributed by atoms with E-state index in [-0.39, 0.29) is 26.8 Å². The van der Waals surface area contributed by atoms with Crippen LogP contribution in [-0.4, -0.2) is 43.2 Å². The third kappa shape index (κ3) is 5.82. The number of nitrogens with one attached hydrogen (secondary N) is 2. The van der Waals surface area contributed by atoms with E-state index in [2.05, 4.69) is 10.0 Å². The lowest BCUT2D eigenvalue weighted by atomic mass is 10.2. The van der Waals surface area contributed by atoms with Gasteiger partial charge in [0.1, 0.15) is 16.4 Å². The molecular weight excluding hydrogens is 468 g/mol. The van der Waals surface area contributed by atoms with Gasteiger partial charge < -0.3 is 14.8 Å². The first kappa shape index (κ1) is 24.1. The molecule has 0 heterocycles. The lowest BCUT2D eigenvalue weighted by Crippen LogP contribution is -2.16. The Morgan fingerprint density at radius 1 is 0.788 bits per heavy atom. The van der Waals surface area contributed by atoms with Crippen molar-refractivity contribution in [2.45, 2.75) is 9.79 Å². The zero-order valence-electron chi connectivity index (χ0n) is 18.0. The van der Waals surface area contributed by atoms with Crippen molar-refractivity contribution in [3.8, 4) is 11.5 Å². The molecule has 0 fully saturated rings. The first-order valence-corrected chi connectivity index (χ1v) is 12.9. The van der Waals surface area contributed by atoms with Crippen LogP contribution in [0.1, 0.15) is 10.4 Å². The van der Waals surface area contributed by atoms with Crippen LogP contribution in [0.2, 0.25) is 0 Å². The Balaban J connectivity index is 1.85. The first-order valence-electron chi connectivity index (χ1n) is 9.50. The fraction of sp³-hybridized carbons (Fsp3) is 0.136. The maximum Gasteiger partial charge on any atom is 0.265 e. The summed E-state index contributed by atoms with van der Waals surface area (Å²) in [5.74, 6) is 0.128. The number of carbonyl (C=O) groups is 1. The maximum atomic E-state index is 13.0. The number of amides is 1. The predicted molar refractivity (Wildman–Crippen MR) is 124 cm³/mol. The molecule has 0 spiro atoms. The highest BCUT2D eigenvalue weighted by molar-refractivity contribution is 7.92. The van der Waals surface area contributed by atoms with Crippen molar-refractivity contribution in [2.24, 2.45) is 0 Å². The summed E-state index contributed by atoms with van der Waals surface area (Å²) in [5, 5.41) is 2.61. The smallest absolute Gasteiger partial charge is 0.265 e. The number of ether oxygens (including phenoxy) is 2. The van der Waals surface area contributed by atoms with Crippen molar-refractivity contribution in [3.63, 3.8) is 0 Å². The van der Waals surface area contributed by atoms with Gasteiger partial charge in [-0.1, -0.05) is 0 Å². The highest BCUT2D eigenvalue weighted by Gasteiger charge is 2.21. The number of anilines is 2. The Morgan fingerprint density at radius 2 is 1.39 bits per heavy atom. The van der Waals surface area contributed by atoms with Crippen LogP contribution < -0.4 is 19.5 Å². The van der Waals surface area contributed by atoms with E-state index in [9.17, 15) is 21.6 Å². The second-order valence-corrected chi connectivity index (χ2v) is 10.6. The molecule has 0 unspecified atom stereocenters. The molecule has 0 atom stereocenters. The summed E-state index contributed by atoms with van der Waals surface area (Å²) in [6.45, 7) is 0. The number of rotatable bonds is 8. The van der Waals surface area contributed by atoms with E-state index in [0.717, 1.165) is 6.26 Å². The molecule has 0 aliphatic heterocycles. The molecule has 33 heavy (non-hydrogen) atoms. The molecule has 2 N–H and O–H groups in total. The minimum absolute atomic E-state index is 0.0847. The number of benzene rings is 3. The first-order chi connectivity index (χ1) is 15.5. The third-order valence-corrected chi connectivity index (χ3v) is 7.13. The molecule has 9 nitrogen and oxygen atoms in total. The van der Waals surface area contributed by atoms with Crippen LogP contribution in [0.25, 0.3) is 0 Å². The number of methoxy groups -OCH3 is 2. The topological polar surface area (TPSA) is 128 Å². The van der Waals surface area contributed by atoms with E-state index in [1.807, 2.05) is 0 Å². The molecular formula is C22H22N2O7S2. The summed E-state index contributed by atoms with van der Waals surface area (Å²) in [5.41, 5.74) is 0.736. The summed E-state index contributed by atoms with van der Waals surface area (Å²) in [4.78, 5) is 12.5. The van der Waals surface area contributed by atoms with Gasteiger partial charge in [0.2, 0.25) is 0 Å². The van der Waals surface area contributed by atoms with Crippen molar-refractivity contribution in [1.29, 1.82) is 0 Å². The average Bonchev–Trinajstić information content (AvgIpc) is 2.79. The van der Waals surface area contributed by atoms with Crippen LogP contribution in [0.4, 0.5) is 11.4 Å². The lowest BCUT2D eigenvalue weighted by molar-refractivity contribution is 0.102. The Morgan fingerprint density at radius 3 is 1.94 bits per heavy atom. The molecule has 0 saturated heterocycles. The summed E-state index contributed by atoms with van der Waals surface area (Å²) in [6, 6.07) is 15.9. The lowest BCUT2D eigenvalue weighted by Gasteiger charge is -2.14. The molecule has 0 aliphatic rings. The van der Waals surface area contributed by atoms with Crippen molar-refractivity contribution in [2.75, 3.05) is 30.5 Å². The summed E-state index contributed by atoms with van der Waals surface area (Å²) < 4.78 is 61.8. The summed E-state index contributed by atoms with van der Waals surface area (Å²) >= 11 is 0. The normalized spacial score (nSPS) is 11.5. The SMILES string of the molecule is COc1ccc(NS(=O)(=O)c2cc(NC(=O)c3ccc(S(C)(=O)=O)cc3)ccc2OC)cc1. The Bertz CT molecular complexity index is 1370. The van der Waals surface area contributed by atoms with Crippen LogP contribution in [0, 0.1) is 0 Å². The third-order valence-electron chi connectivity index (χ3n) is 4.60. The highest BCUT2D eigenvalue weighted by atomic mass is 32.2. The van der Waals surface area contributed by atoms with E-state index < -0.39 is 25.8 Å². The van der Waals surface area contributed by atoms with Crippen LogP contribution in [0.3, 0.4) is 0 Å². The number of carbonyl (C=O) groups excluding carboxylic acids is 1. The van der Waals surface area contributed by atoms with E-state index in [1.54, 1.807) is 24.3 Å². The van der Waals surface area contributed by atoms with Gasteiger partial charge >= 0.3 is 0 Å². The number of hydrogen-bond acceptors (Lipinski definition) is 7. The quantitative estimate of drug-likeness (QED) is 0.496. The molecule has 0 radical (unpaired) electrons. The Hall–Kier alpha value is -3.57. The van der Waals surface area contributed by atoms with Crippen LogP contribution in [0.15, 0.2) is 76.5 Å². The van der Waals surface area contributed by atoms with E-state index in [1.165, 1.54) is 56.7 Å². The molecule has 0 aromatic heterocycles. The van der Waals surface area contributed by atoms with Crippen molar-refractivity contribution in [1.82, 2.24) is 0 Å². The molecule has 3 aromatic carbocycles. The van der Waals surface area contributed by atoms with Crippen molar-refractivity contribution >= 4 is 37.1 Å². The van der Waals surface area contributed by atoms with Gasteiger partial charge in [0.05, 0.1) is 19.1 Å². The zero-order chi connectivity index (χ0) is 24.2. The molecule has 0 aliphatic carbocycles. The van der Waals surface area contributed by atoms with Gasteiger partial charge in [0.15, 0.2) is 9.84 Å². The number of hydrogen-bond donors (Lipinski definition) is 2. The standard InChI is InChI=1S/C22H22N2O7S2/c1-30-18-9-6-16(7-10-18)24-33(28,29)21-14-17(8-13-20(21)31-2)23-22(25)15-4-11-19(12-5-15)32(3,26)27/h4-14,24H,1-3H3,(H,23,25). The number of sulfone groups is 1. The zero-order valence-corrected chi connectivity index (χ0v) is 19.7. The van der Waals surface area contributed by atoms with Crippen LogP contribution in [0.5, 0.6) is 11.5 Å². The Labute approximate surface area is 192 Å². The monoisotopic (exact) mass is 490 g/mol. The van der Waals surface area contributed by atoms with Gasteiger partial charge in [-0.05, 0) is 66.7 Å². The second-order valence-electron chi connectivity index (χ2n) is 6.95. The van der Waals surface area contributed by atoms with Gasteiger partial charge in [-0.2, -0.15) is 0 Å². The summed E-state index contributed by atoms with van der Waals surface area (Å²) in [7, 11) is -4.60. The van der Waals surface area contributed by atoms with Crippen LogP contribution >= 0.6 is 0 Å². The van der Waals surface area contributed by atoms with E-state index in [0.29, 0.717) is 11.4 Å². The number of sulfonamides is 1. The molecule has 0 bridgehead atoms. The van der Waals surface area contributed by atoms with Crippen molar-refractivity contribution in [3.05, 3.63) is 72.3 Å². The molecule has 1 amide bonds. The fourth-order valence-corrected chi connectivity index (χ4v) is 4.78.